The molecule has 3 heteroatoms. The SMILES string of the molecule is CCCCCCCCCCCCOc1c(OCCCCCCCCCCCC)c2ccc(Br)cc2c2cc(C)ccc12. The van der Waals surface area contributed by atoms with Gasteiger partial charge in [0.25, 0.3) is 0 Å². The molecular weight excluding hydrogens is 580 g/mol. The zero-order valence-corrected chi connectivity index (χ0v) is 28.8. The maximum atomic E-state index is 6.61. The molecule has 0 aliphatic heterocycles. The van der Waals surface area contributed by atoms with Crippen LogP contribution in [0.4, 0.5) is 0 Å². The van der Waals surface area contributed by atoms with Gasteiger partial charge in [-0.05, 0) is 48.7 Å². The van der Waals surface area contributed by atoms with E-state index >= 15 is 0 Å². The lowest BCUT2D eigenvalue weighted by Crippen LogP contribution is -2.04. The van der Waals surface area contributed by atoms with Gasteiger partial charge >= 0.3 is 0 Å². The van der Waals surface area contributed by atoms with Crippen molar-refractivity contribution in [3.63, 3.8) is 0 Å². The molecule has 0 atom stereocenters. The van der Waals surface area contributed by atoms with Crippen molar-refractivity contribution < 1.29 is 9.47 Å². The topological polar surface area (TPSA) is 18.5 Å². The number of fused-ring (bicyclic) bond motifs is 3. The van der Waals surface area contributed by atoms with Crippen LogP contribution in [0.15, 0.2) is 40.9 Å². The van der Waals surface area contributed by atoms with E-state index in [9.17, 15) is 0 Å². The van der Waals surface area contributed by atoms with Crippen LogP contribution in [0.3, 0.4) is 0 Å². The van der Waals surface area contributed by atoms with E-state index in [0.29, 0.717) is 0 Å². The summed E-state index contributed by atoms with van der Waals surface area (Å²) in [4.78, 5) is 0. The van der Waals surface area contributed by atoms with Gasteiger partial charge in [0, 0.05) is 15.2 Å². The summed E-state index contributed by atoms with van der Waals surface area (Å²) in [6, 6.07) is 13.3. The molecule has 3 rings (SSSR count). The summed E-state index contributed by atoms with van der Waals surface area (Å²) in [5.41, 5.74) is 1.27. The lowest BCUT2D eigenvalue weighted by molar-refractivity contribution is 0.263. The van der Waals surface area contributed by atoms with Crippen molar-refractivity contribution in [3.8, 4) is 11.5 Å². The number of rotatable bonds is 24. The monoisotopic (exact) mass is 638 g/mol. The minimum atomic E-state index is 0.744. The normalized spacial score (nSPS) is 11.5. The van der Waals surface area contributed by atoms with Gasteiger partial charge in [0.05, 0.1) is 13.2 Å². The molecule has 0 radical (unpaired) electrons. The van der Waals surface area contributed by atoms with Crippen LogP contribution in [-0.4, -0.2) is 13.2 Å². The zero-order chi connectivity index (χ0) is 29.8. The molecule has 234 valence electrons. The van der Waals surface area contributed by atoms with E-state index in [1.807, 2.05) is 0 Å². The first kappa shape index (κ1) is 34.7. The van der Waals surface area contributed by atoms with Crippen molar-refractivity contribution >= 4 is 37.5 Å². The number of unbranched alkanes of at least 4 members (excludes halogenated alkanes) is 18. The standard InChI is InChI=1S/C39H59BrO2/c1-4-6-8-10-12-14-16-18-20-22-28-41-38-34-26-24-32(3)30-36(34)37-31-33(40)25-27-35(37)39(38)42-29-23-21-19-17-15-13-11-9-7-5-2/h24-27,30-31H,4-23,28-29H2,1-3H3. The summed E-state index contributed by atoms with van der Waals surface area (Å²) in [5.74, 6) is 1.86. The fraction of sp³-hybridized carbons (Fsp3) is 0.641. The molecule has 0 amide bonds. The first-order valence-electron chi connectivity index (χ1n) is 17.6. The molecule has 0 spiro atoms. The van der Waals surface area contributed by atoms with Gasteiger partial charge in [-0.2, -0.15) is 0 Å². The molecule has 3 aromatic carbocycles. The van der Waals surface area contributed by atoms with Gasteiger partial charge in [0.1, 0.15) is 0 Å². The van der Waals surface area contributed by atoms with Crippen LogP contribution in [-0.2, 0) is 0 Å². The average Bonchev–Trinajstić information content (AvgIpc) is 2.99. The second kappa shape index (κ2) is 21.0. The molecule has 2 nitrogen and oxygen atoms in total. The quantitative estimate of drug-likeness (QED) is 0.0717. The lowest BCUT2D eigenvalue weighted by Gasteiger charge is -2.19. The van der Waals surface area contributed by atoms with Crippen molar-refractivity contribution in [2.45, 2.75) is 149 Å². The Labute approximate surface area is 266 Å². The third-order valence-corrected chi connectivity index (χ3v) is 9.12. The molecule has 3 aromatic rings. The Morgan fingerprint density at radius 1 is 0.452 bits per heavy atom. The van der Waals surface area contributed by atoms with E-state index in [2.05, 4.69) is 73.1 Å². The maximum Gasteiger partial charge on any atom is 0.169 e. The Balaban J connectivity index is 1.58. The van der Waals surface area contributed by atoms with Crippen LogP contribution < -0.4 is 9.47 Å². The van der Waals surface area contributed by atoms with E-state index in [1.54, 1.807) is 0 Å². The van der Waals surface area contributed by atoms with E-state index in [0.717, 1.165) is 52.8 Å². The largest absolute Gasteiger partial charge is 0.489 e. The Morgan fingerprint density at radius 2 is 0.833 bits per heavy atom. The summed E-state index contributed by atoms with van der Waals surface area (Å²) in [6.45, 7) is 8.24. The smallest absolute Gasteiger partial charge is 0.169 e. The second-order valence-electron chi connectivity index (χ2n) is 12.5. The Morgan fingerprint density at radius 3 is 1.29 bits per heavy atom. The average molecular weight is 640 g/mol. The number of ether oxygens (including phenoxy) is 2. The first-order valence-corrected chi connectivity index (χ1v) is 18.4. The minimum absolute atomic E-state index is 0.744. The zero-order valence-electron chi connectivity index (χ0n) is 27.2. The number of benzene rings is 3. The van der Waals surface area contributed by atoms with E-state index in [4.69, 9.17) is 9.47 Å². The third-order valence-electron chi connectivity index (χ3n) is 8.63. The molecule has 0 aromatic heterocycles. The minimum Gasteiger partial charge on any atom is -0.489 e. The number of hydrogen-bond acceptors (Lipinski definition) is 2. The molecular formula is C39H59BrO2. The molecule has 0 bridgehead atoms. The van der Waals surface area contributed by atoms with Gasteiger partial charge in [0.15, 0.2) is 11.5 Å². The van der Waals surface area contributed by atoms with Crippen molar-refractivity contribution in [2.24, 2.45) is 0 Å². The predicted molar refractivity (Wildman–Crippen MR) is 189 cm³/mol. The van der Waals surface area contributed by atoms with Crippen molar-refractivity contribution in [3.05, 3.63) is 46.4 Å². The van der Waals surface area contributed by atoms with Gasteiger partial charge in [-0.15, -0.1) is 0 Å². The Kier molecular flexibility index (Phi) is 17.4. The molecule has 0 saturated carbocycles. The molecule has 0 unspecified atom stereocenters. The summed E-state index contributed by atoms with van der Waals surface area (Å²) in [5, 5.41) is 4.79. The van der Waals surface area contributed by atoms with Crippen LogP contribution >= 0.6 is 15.9 Å². The van der Waals surface area contributed by atoms with Gasteiger partial charge in [-0.1, -0.05) is 169 Å². The summed E-state index contributed by atoms with van der Waals surface area (Å²) in [6.07, 6.45) is 26.6. The summed E-state index contributed by atoms with van der Waals surface area (Å²) in [7, 11) is 0. The predicted octanol–water partition coefficient (Wildman–Crippen LogP) is 13.7. The fourth-order valence-corrected chi connectivity index (χ4v) is 6.44. The van der Waals surface area contributed by atoms with Crippen molar-refractivity contribution in [1.82, 2.24) is 0 Å². The summed E-state index contributed by atoms with van der Waals surface area (Å²) < 4.78 is 14.3. The van der Waals surface area contributed by atoms with Crippen molar-refractivity contribution in [1.29, 1.82) is 0 Å². The molecule has 0 heterocycles. The first-order chi connectivity index (χ1) is 20.7. The molecule has 42 heavy (non-hydrogen) atoms. The van der Waals surface area contributed by atoms with Crippen LogP contribution in [0.1, 0.15) is 148 Å². The summed E-state index contributed by atoms with van der Waals surface area (Å²) >= 11 is 3.71. The van der Waals surface area contributed by atoms with Gasteiger partial charge < -0.3 is 9.47 Å². The third kappa shape index (κ3) is 12.1. The van der Waals surface area contributed by atoms with E-state index < -0.39 is 0 Å². The molecule has 0 fully saturated rings. The van der Waals surface area contributed by atoms with E-state index in [-0.39, 0.29) is 0 Å². The molecule has 0 aliphatic carbocycles. The van der Waals surface area contributed by atoms with Crippen LogP contribution in [0.2, 0.25) is 0 Å². The Hall–Kier alpha value is -1.74. The Bertz CT molecular complexity index is 1060. The van der Waals surface area contributed by atoms with Crippen LogP contribution in [0, 0.1) is 6.92 Å². The van der Waals surface area contributed by atoms with Crippen LogP contribution in [0.5, 0.6) is 11.5 Å². The van der Waals surface area contributed by atoms with Gasteiger partial charge in [-0.25, -0.2) is 0 Å². The van der Waals surface area contributed by atoms with Crippen LogP contribution in [0.25, 0.3) is 21.5 Å². The lowest BCUT2D eigenvalue weighted by atomic mass is 9.98. The second-order valence-corrected chi connectivity index (χ2v) is 13.4. The highest BCUT2D eigenvalue weighted by atomic mass is 79.9. The number of aryl methyl sites for hydroxylation is 1. The highest BCUT2D eigenvalue weighted by Crippen LogP contribution is 2.45. The van der Waals surface area contributed by atoms with Crippen molar-refractivity contribution in [2.75, 3.05) is 13.2 Å². The number of halogens is 1. The highest BCUT2D eigenvalue weighted by Gasteiger charge is 2.18. The van der Waals surface area contributed by atoms with E-state index in [1.165, 1.54) is 132 Å². The maximum absolute atomic E-state index is 6.61. The molecule has 0 aliphatic rings. The fourth-order valence-electron chi connectivity index (χ4n) is 6.07. The van der Waals surface area contributed by atoms with Gasteiger partial charge in [-0.3, -0.25) is 0 Å². The van der Waals surface area contributed by atoms with Gasteiger partial charge in [0.2, 0.25) is 0 Å². The number of hydrogen-bond donors (Lipinski definition) is 0. The highest BCUT2D eigenvalue weighted by molar-refractivity contribution is 9.10. The molecule has 0 N–H and O–H groups in total. The molecule has 0 saturated heterocycles.